The number of ether oxygens (including phenoxy) is 3. The molecule has 0 bridgehead atoms. The molecule has 4 rings (SSSR count). The summed E-state index contributed by atoms with van der Waals surface area (Å²) < 4.78 is 34.9. The minimum Gasteiger partial charge on any atom is -0.481 e. The van der Waals surface area contributed by atoms with Crippen molar-refractivity contribution < 1.29 is 27.8 Å². The van der Waals surface area contributed by atoms with E-state index in [0.717, 1.165) is 17.3 Å². The zero-order valence-corrected chi connectivity index (χ0v) is 17.6. The van der Waals surface area contributed by atoms with Crippen LogP contribution in [0.3, 0.4) is 0 Å². The number of carbonyl (C=O) groups excluding carboxylic acids is 1. The fraction of sp³-hybridized carbons (Fsp3) is 0.286. The van der Waals surface area contributed by atoms with Crippen LogP contribution in [0.2, 0.25) is 0 Å². The van der Waals surface area contributed by atoms with Gasteiger partial charge in [-0.25, -0.2) is 4.39 Å². The summed E-state index contributed by atoms with van der Waals surface area (Å²) >= 11 is 1.15. The fourth-order valence-corrected chi connectivity index (χ4v) is 3.50. The zero-order valence-electron chi connectivity index (χ0n) is 16.8. The van der Waals surface area contributed by atoms with Crippen molar-refractivity contribution in [2.45, 2.75) is 37.0 Å². The molecule has 0 saturated heterocycles. The molecule has 3 aromatic rings. The Morgan fingerprint density at radius 1 is 1.16 bits per heavy atom. The second-order valence-corrected chi connectivity index (χ2v) is 8.08. The van der Waals surface area contributed by atoms with Crippen molar-refractivity contribution in [1.29, 1.82) is 0 Å². The molecule has 1 N–H and O–H groups in total. The van der Waals surface area contributed by atoms with Crippen LogP contribution in [-0.4, -0.2) is 28.1 Å². The third-order valence-corrected chi connectivity index (χ3v) is 5.38. The molecule has 162 valence electrons. The number of hydrogen-bond donors (Lipinski definition) is 1. The number of nitrogens with zero attached hydrogens (tertiary/aromatic N) is 2. The molecule has 0 aliphatic carbocycles. The summed E-state index contributed by atoms with van der Waals surface area (Å²) in [6, 6.07) is 11.2. The number of amides is 1. The molecule has 2 atom stereocenters. The van der Waals surface area contributed by atoms with Crippen LogP contribution in [0.15, 0.2) is 52.1 Å². The lowest BCUT2D eigenvalue weighted by molar-refractivity contribution is -0.120. The smallest absolute Gasteiger partial charge is 0.277 e. The molecule has 0 unspecified atom stereocenters. The van der Waals surface area contributed by atoms with E-state index in [0.29, 0.717) is 23.8 Å². The summed E-state index contributed by atoms with van der Waals surface area (Å²) in [6.07, 6.45) is -0.526. The standard InChI is InChI=1S/C21H20FN3O5S/c1-12(29-16-6-4-15(22)5-7-16)20-24-25-21(30-20)31-13(2)19(26)23-10-14-3-8-17-18(9-14)28-11-27-17/h3-9,12-13H,10-11H2,1-2H3,(H,23,26)/t12-,13-/m0/s1. The van der Waals surface area contributed by atoms with E-state index < -0.39 is 11.4 Å². The summed E-state index contributed by atoms with van der Waals surface area (Å²) in [5, 5.41) is 10.6. The lowest BCUT2D eigenvalue weighted by Crippen LogP contribution is -2.30. The van der Waals surface area contributed by atoms with Gasteiger partial charge in [-0.2, -0.15) is 0 Å². The number of halogens is 1. The molecule has 2 aromatic carbocycles. The van der Waals surface area contributed by atoms with Crippen LogP contribution >= 0.6 is 11.8 Å². The summed E-state index contributed by atoms with van der Waals surface area (Å²) in [4.78, 5) is 12.4. The quantitative estimate of drug-likeness (QED) is 0.522. The maximum absolute atomic E-state index is 13.0. The number of hydrogen-bond acceptors (Lipinski definition) is 8. The highest BCUT2D eigenvalue weighted by Crippen LogP contribution is 2.32. The zero-order chi connectivity index (χ0) is 21.8. The van der Waals surface area contributed by atoms with Crippen LogP contribution < -0.4 is 19.5 Å². The Balaban J connectivity index is 1.28. The predicted octanol–water partition coefficient (Wildman–Crippen LogP) is 3.87. The van der Waals surface area contributed by atoms with E-state index in [1.165, 1.54) is 24.3 Å². The topological polar surface area (TPSA) is 95.7 Å². The lowest BCUT2D eigenvalue weighted by atomic mass is 10.2. The van der Waals surface area contributed by atoms with E-state index in [1.807, 2.05) is 18.2 Å². The van der Waals surface area contributed by atoms with Crippen molar-refractivity contribution in [2.75, 3.05) is 6.79 Å². The van der Waals surface area contributed by atoms with Crippen molar-refractivity contribution in [3.63, 3.8) is 0 Å². The van der Waals surface area contributed by atoms with Crippen LogP contribution in [0.4, 0.5) is 4.39 Å². The van der Waals surface area contributed by atoms with Crippen molar-refractivity contribution >= 4 is 17.7 Å². The monoisotopic (exact) mass is 445 g/mol. The Hall–Kier alpha value is -3.27. The van der Waals surface area contributed by atoms with Crippen LogP contribution in [-0.2, 0) is 11.3 Å². The molecule has 1 aromatic heterocycles. The first kappa shape index (κ1) is 21.0. The number of thioether (sulfide) groups is 1. The number of benzene rings is 2. The predicted molar refractivity (Wildman–Crippen MR) is 109 cm³/mol. The molecule has 0 spiro atoms. The van der Waals surface area contributed by atoms with E-state index >= 15 is 0 Å². The van der Waals surface area contributed by atoms with Gasteiger partial charge in [0.2, 0.25) is 12.7 Å². The van der Waals surface area contributed by atoms with Gasteiger partial charge in [-0.3, -0.25) is 4.79 Å². The summed E-state index contributed by atoms with van der Waals surface area (Å²) in [5.41, 5.74) is 0.904. The van der Waals surface area contributed by atoms with Gasteiger partial charge in [-0.1, -0.05) is 17.8 Å². The molecule has 10 heteroatoms. The van der Waals surface area contributed by atoms with Gasteiger partial charge in [-0.05, 0) is 55.8 Å². The van der Waals surface area contributed by atoms with Crippen LogP contribution in [0.1, 0.15) is 31.4 Å². The molecule has 1 aliphatic rings. The second-order valence-electron chi connectivity index (χ2n) is 6.79. The van der Waals surface area contributed by atoms with Crippen molar-refractivity contribution in [2.24, 2.45) is 0 Å². The van der Waals surface area contributed by atoms with Crippen LogP contribution in [0.25, 0.3) is 0 Å². The Morgan fingerprint density at radius 2 is 1.94 bits per heavy atom. The highest BCUT2D eigenvalue weighted by Gasteiger charge is 2.21. The van der Waals surface area contributed by atoms with Gasteiger partial charge >= 0.3 is 0 Å². The first-order valence-corrected chi connectivity index (χ1v) is 10.4. The number of rotatable bonds is 8. The average molecular weight is 445 g/mol. The molecular weight excluding hydrogens is 425 g/mol. The summed E-state index contributed by atoms with van der Waals surface area (Å²) in [7, 11) is 0. The maximum atomic E-state index is 13.0. The Bertz CT molecular complexity index is 1060. The molecule has 0 fully saturated rings. The molecule has 8 nitrogen and oxygen atoms in total. The molecule has 1 amide bonds. The molecular formula is C21H20FN3O5S. The van der Waals surface area contributed by atoms with Gasteiger partial charge in [0, 0.05) is 6.54 Å². The van der Waals surface area contributed by atoms with Crippen molar-refractivity contribution in [1.82, 2.24) is 15.5 Å². The molecule has 1 aliphatic heterocycles. The van der Waals surface area contributed by atoms with E-state index in [1.54, 1.807) is 13.8 Å². The SMILES string of the molecule is C[C@H](Sc1nnc([C@H](C)Oc2ccc(F)cc2)o1)C(=O)NCc1ccc2c(c1)OCO2. The van der Waals surface area contributed by atoms with Gasteiger partial charge < -0.3 is 23.9 Å². The first-order valence-electron chi connectivity index (χ1n) is 9.56. The third-order valence-electron chi connectivity index (χ3n) is 4.45. The minimum absolute atomic E-state index is 0.168. The lowest BCUT2D eigenvalue weighted by Gasteiger charge is -2.11. The first-order chi connectivity index (χ1) is 15.0. The van der Waals surface area contributed by atoms with E-state index in [2.05, 4.69) is 15.5 Å². The summed E-state index contributed by atoms with van der Waals surface area (Å²) in [5.74, 6) is 1.60. The number of aromatic nitrogens is 2. The van der Waals surface area contributed by atoms with E-state index in [4.69, 9.17) is 18.6 Å². The van der Waals surface area contributed by atoms with Crippen LogP contribution in [0.5, 0.6) is 17.2 Å². The van der Waals surface area contributed by atoms with E-state index in [9.17, 15) is 9.18 Å². The van der Waals surface area contributed by atoms with Crippen molar-refractivity contribution in [3.8, 4) is 17.2 Å². The van der Waals surface area contributed by atoms with Gasteiger partial charge in [-0.15, -0.1) is 10.2 Å². The minimum atomic E-state index is -0.526. The fourth-order valence-electron chi connectivity index (χ4n) is 2.79. The Kier molecular flexibility index (Phi) is 6.26. The Morgan fingerprint density at radius 3 is 2.74 bits per heavy atom. The largest absolute Gasteiger partial charge is 0.481 e. The highest BCUT2D eigenvalue weighted by atomic mass is 32.2. The maximum Gasteiger partial charge on any atom is 0.277 e. The molecule has 0 saturated carbocycles. The second kappa shape index (κ2) is 9.25. The molecule has 0 radical (unpaired) electrons. The van der Waals surface area contributed by atoms with Crippen molar-refractivity contribution in [3.05, 3.63) is 59.7 Å². The van der Waals surface area contributed by atoms with Gasteiger partial charge in [0.25, 0.3) is 11.1 Å². The highest BCUT2D eigenvalue weighted by molar-refractivity contribution is 8.00. The number of carbonyl (C=O) groups is 1. The summed E-state index contributed by atoms with van der Waals surface area (Å²) in [6.45, 7) is 4.06. The molecule has 31 heavy (non-hydrogen) atoms. The van der Waals surface area contributed by atoms with Crippen LogP contribution in [0, 0.1) is 5.82 Å². The normalized spacial score (nSPS) is 14.2. The average Bonchev–Trinajstić information content (AvgIpc) is 3.42. The third kappa shape index (κ3) is 5.26. The van der Waals surface area contributed by atoms with Gasteiger partial charge in [0.05, 0.1) is 5.25 Å². The van der Waals surface area contributed by atoms with Gasteiger partial charge in [0.15, 0.2) is 17.6 Å². The van der Waals surface area contributed by atoms with E-state index in [-0.39, 0.29) is 29.6 Å². The number of nitrogens with one attached hydrogen (secondary N) is 1. The van der Waals surface area contributed by atoms with Gasteiger partial charge in [0.1, 0.15) is 11.6 Å². The molecule has 2 heterocycles. The Labute approximate surface area is 182 Å². The number of fused-ring (bicyclic) bond motifs is 1.